The normalized spacial score (nSPS) is 11.4. The Bertz CT molecular complexity index is 621. The number of anilines is 1. The lowest BCUT2D eigenvalue weighted by Gasteiger charge is -2.25. The first-order valence-corrected chi connectivity index (χ1v) is 7.99. The molecular formula is C19H22F3NO. The second-order valence-electron chi connectivity index (χ2n) is 5.67. The van der Waals surface area contributed by atoms with Crippen molar-refractivity contribution in [3.8, 4) is 5.75 Å². The summed E-state index contributed by atoms with van der Waals surface area (Å²) in [4.78, 5) is 2.17. The van der Waals surface area contributed by atoms with Crippen LogP contribution in [0.4, 0.5) is 18.9 Å². The third-order valence-corrected chi connectivity index (χ3v) is 3.87. The number of nitrogens with zero attached hydrogens (tertiary/aromatic N) is 1. The van der Waals surface area contributed by atoms with Crippen molar-refractivity contribution in [2.24, 2.45) is 0 Å². The molecule has 0 saturated carbocycles. The molecule has 2 aromatic rings. The van der Waals surface area contributed by atoms with Crippen LogP contribution in [0.15, 0.2) is 48.5 Å². The second-order valence-corrected chi connectivity index (χ2v) is 5.67. The van der Waals surface area contributed by atoms with Crippen LogP contribution in [0.25, 0.3) is 0 Å². The SMILES string of the molecule is CCCCN(Cc1ccc(C(F)(F)F)cc1)c1ccc(OC)cc1. The van der Waals surface area contributed by atoms with Gasteiger partial charge in [0.15, 0.2) is 0 Å². The Labute approximate surface area is 140 Å². The lowest BCUT2D eigenvalue weighted by Crippen LogP contribution is -2.23. The maximum Gasteiger partial charge on any atom is 0.416 e. The molecule has 0 N–H and O–H groups in total. The molecule has 2 aromatic carbocycles. The fourth-order valence-corrected chi connectivity index (χ4v) is 2.46. The van der Waals surface area contributed by atoms with Gasteiger partial charge in [0.1, 0.15) is 5.75 Å². The number of unbranched alkanes of at least 4 members (excludes halogenated alkanes) is 1. The Balaban J connectivity index is 2.15. The van der Waals surface area contributed by atoms with E-state index in [0.717, 1.165) is 48.5 Å². The quantitative estimate of drug-likeness (QED) is 0.659. The molecule has 0 radical (unpaired) electrons. The van der Waals surface area contributed by atoms with Gasteiger partial charge >= 0.3 is 6.18 Å². The first-order valence-electron chi connectivity index (χ1n) is 7.99. The molecule has 0 aromatic heterocycles. The highest BCUT2D eigenvalue weighted by Crippen LogP contribution is 2.29. The first kappa shape index (κ1) is 18.2. The Morgan fingerprint density at radius 3 is 2.08 bits per heavy atom. The van der Waals surface area contributed by atoms with Crippen molar-refractivity contribution in [3.63, 3.8) is 0 Å². The minimum absolute atomic E-state index is 0.574. The maximum atomic E-state index is 12.7. The van der Waals surface area contributed by atoms with Crippen LogP contribution in [-0.4, -0.2) is 13.7 Å². The summed E-state index contributed by atoms with van der Waals surface area (Å²) in [5.41, 5.74) is 1.27. The van der Waals surface area contributed by atoms with E-state index in [0.29, 0.717) is 6.54 Å². The molecule has 2 nitrogen and oxygen atoms in total. The summed E-state index contributed by atoms with van der Waals surface area (Å²) in [7, 11) is 1.62. The highest BCUT2D eigenvalue weighted by molar-refractivity contribution is 5.49. The molecule has 0 fully saturated rings. The molecule has 0 saturated heterocycles. The van der Waals surface area contributed by atoms with Gasteiger partial charge in [0.2, 0.25) is 0 Å². The minimum Gasteiger partial charge on any atom is -0.497 e. The summed E-state index contributed by atoms with van der Waals surface area (Å²) in [5, 5.41) is 0. The van der Waals surface area contributed by atoms with Crippen LogP contribution in [0.5, 0.6) is 5.75 Å². The van der Waals surface area contributed by atoms with Gasteiger partial charge < -0.3 is 9.64 Å². The van der Waals surface area contributed by atoms with Crippen molar-refractivity contribution < 1.29 is 17.9 Å². The molecule has 24 heavy (non-hydrogen) atoms. The molecular weight excluding hydrogens is 315 g/mol. The van der Waals surface area contributed by atoms with Gasteiger partial charge in [0.25, 0.3) is 0 Å². The van der Waals surface area contributed by atoms with E-state index < -0.39 is 11.7 Å². The Morgan fingerprint density at radius 1 is 0.958 bits per heavy atom. The Kier molecular flexibility index (Phi) is 6.12. The molecule has 0 amide bonds. The molecule has 130 valence electrons. The zero-order chi connectivity index (χ0) is 17.6. The lowest BCUT2D eigenvalue weighted by molar-refractivity contribution is -0.137. The van der Waals surface area contributed by atoms with Crippen molar-refractivity contribution in [2.45, 2.75) is 32.5 Å². The van der Waals surface area contributed by atoms with Gasteiger partial charge in [0, 0.05) is 18.8 Å². The fraction of sp³-hybridized carbons (Fsp3) is 0.368. The van der Waals surface area contributed by atoms with Crippen molar-refractivity contribution in [2.75, 3.05) is 18.6 Å². The molecule has 0 aliphatic rings. The average Bonchev–Trinajstić information content (AvgIpc) is 2.58. The second kappa shape index (κ2) is 8.08. The first-order chi connectivity index (χ1) is 11.4. The van der Waals surface area contributed by atoms with Crippen LogP contribution in [0.1, 0.15) is 30.9 Å². The highest BCUT2D eigenvalue weighted by Gasteiger charge is 2.29. The van der Waals surface area contributed by atoms with Crippen molar-refractivity contribution in [3.05, 3.63) is 59.7 Å². The summed E-state index contributed by atoms with van der Waals surface area (Å²) in [6.07, 6.45) is -2.22. The predicted molar refractivity (Wildman–Crippen MR) is 90.4 cm³/mol. The van der Waals surface area contributed by atoms with E-state index in [1.165, 1.54) is 0 Å². The monoisotopic (exact) mass is 337 g/mol. The molecule has 0 heterocycles. The smallest absolute Gasteiger partial charge is 0.416 e. The number of hydrogen-bond donors (Lipinski definition) is 0. The summed E-state index contributed by atoms with van der Waals surface area (Å²) >= 11 is 0. The molecule has 5 heteroatoms. The predicted octanol–water partition coefficient (Wildman–Crippen LogP) is 5.52. The third-order valence-electron chi connectivity index (χ3n) is 3.87. The van der Waals surface area contributed by atoms with E-state index in [9.17, 15) is 13.2 Å². The topological polar surface area (TPSA) is 12.5 Å². The summed E-state index contributed by atoms with van der Waals surface area (Å²) in [6.45, 7) is 3.54. The van der Waals surface area contributed by atoms with E-state index in [-0.39, 0.29) is 0 Å². The number of methoxy groups -OCH3 is 1. The molecule has 0 aliphatic carbocycles. The van der Waals surface area contributed by atoms with Crippen LogP contribution < -0.4 is 9.64 Å². The van der Waals surface area contributed by atoms with E-state index in [1.807, 2.05) is 24.3 Å². The lowest BCUT2D eigenvalue weighted by atomic mass is 10.1. The maximum absolute atomic E-state index is 12.7. The molecule has 0 unspecified atom stereocenters. The molecule has 0 aliphatic heterocycles. The highest BCUT2D eigenvalue weighted by atomic mass is 19.4. The van der Waals surface area contributed by atoms with E-state index >= 15 is 0 Å². The molecule has 2 rings (SSSR count). The average molecular weight is 337 g/mol. The van der Waals surface area contributed by atoms with Gasteiger partial charge in [-0.2, -0.15) is 13.2 Å². The van der Waals surface area contributed by atoms with Crippen molar-refractivity contribution in [1.82, 2.24) is 0 Å². The third kappa shape index (κ3) is 4.91. The van der Waals surface area contributed by atoms with E-state index in [4.69, 9.17) is 4.74 Å². The van der Waals surface area contributed by atoms with Crippen molar-refractivity contribution in [1.29, 1.82) is 0 Å². The summed E-state index contributed by atoms with van der Waals surface area (Å²) < 4.78 is 43.2. The molecule has 0 bridgehead atoms. The summed E-state index contributed by atoms with van der Waals surface area (Å²) in [6, 6.07) is 13.1. The van der Waals surface area contributed by atoms with Gasteiger partial charge in [-0.05, 0) is 48.4 Å². The van der Waals surface area contributed by atoms with E-state index in [2.05, 4.69) is 11.8 Å². The van der Waals surface area contributed by atoms with Crippen molar-refractivity contribution >= 4 is 5.69 Å². The van der Waals surface area contributed by atoms with Crippen LogP contribution in [0.2, 0.25) is 0 Å². The van der Waals surface area contributed by atoms with Gasteiger partial charge in [-0.15, -0.1) is 0 Å². The number of alkyl halides is 3. The zero-order valence-electron chi connectivity index (χ0n) is 13.9. The molecule has 0 atom stereocenters. The van der Waals surface area contributed by atoms with Crippen LogP contribution in [0, 0.1) is 0 Å². The van der Waals surface area contributed by atoms with Crippen LogP contribution in [-0.2, 0) is 12.7 Å². The van der Waals surface area contributed by atoms with E-state index in [1.54, 1.807) is 19.2 Å². The Morgan fingerprint density at radius 2 is 1.58 bits per heavy atom. The van der Waals surface area contributed by atoms with Crippen LogP contribution in [0.3, 0.4) is 0 Å². The fourth-order valence-electron chi connectivity index (χ4n) is 2.46. The standard InChI is InChI=1S/C19H22F3NO/c1-3-4-13-23(17-9-11-18(24-2)12-10-17)14-15-5-7-16(8-6-15)19(20,21)22/h5-12H,3-4,13-14H2,1-2H3. The van der Waals surface area contributed by atoms with Gasteiger partial charge in [-0.1, -0.05) is 25.5 Å². The largest absolute Gasteiger partial charge is 0.497 e. The molecule has 0 spiro atoms. The van der Waals surface area contributed by atoms with Gasteiger partial charge in [0.05, 0.1) is 12.7 Å². The van der Waals surface area contributed by atoms with Gasteiger partial charge in [-0.25, -0.2) is 0 Å². The number of halogens is 3. The minimum atomic E-state index is -4.30. The summed E-state index contributed by atoms with van der Waals surface area (Å²) in [5.74, 6) is 0.781. The number of hydrogen-bond acceptors (Lipinski definition) is 2. The van der Waals surface area contributed by atoms with Gasteiger partial charge in [-0.3, -0.25) is 0 Å². The van der Waals surface area contributed by atoms with Crippen LogP contribution >= 0.6 is 0 Å². The number of ether oxygens (including phenoxy) is 1. The Hall–Kier alpha value is -2.17. The zero-order valence-corrected chi connectivity index (χ0v) is 13.9. The number of benzene rings is 2. The number of rotatable bonds is 7.